The molecule has 0 fully saturated rings. The Balaban J connectivity index is 1.77. The van der Waals surface area contributed by atoms with Crippen LogP contribution in [0.5, 0.6) is 5.75 Å². The molecule has 0 aliphatic rings. The smallest absolute Gasteiger partial charge is 0.336 e. The maximum absolute atomic E-state index is 11.6. The van der Waals surface area contributed by atoms with Gasteiger partial charge < -0.3 is 13.6 Å². The number of ether oxygens (including phenoxy) is 1. The summed E-state index contributed by atoms with van der Waals surface area (Å²) in [6.45, 7) is 7.86. The van der Waals surface area contributed by atoms with Crippen molar-refractivity contribution in [2.45, 2.75) is 32.8 Å². The van der Waals surface area contributed by atoms with Gasteiger partial charge in [0.05, 0.1) is 6.26 Å². The van der Waals surface area contributed by atoms with Crippen LogP contribution < -0.4 is 10.4 Å². The minimum Gasteiger partial charge on any atom is -0.482 e. The van der Waals surface area contributed by atoms with Crippen molar-refractivity contribution in [1.29, 1.82) is 0 Å². The van der Waals surface area contributed by atoms with E-state index in [0.29, 0.717) is 23.3 Å². The van der Waals surface area contributed by atoms with Crippen molar-refractivity contribution in [2.24, 2.45) is 0 Å². The molecule has 6 nitrogen and oxygen atoms in total. The van der Waals surface area contributed by atoms with Crippen molar-refractivity contribution < 1.29 is 23.7 Å². The average Bonchev–Trinajstić information content (AvgIpc) is 3.10. The fraction of sp³-hybridized carbons (Fsp3) is 0.286. The zero-order valence-corrected chi connectivity index (χ0v) is 15.4. The molecule has 0 saturated heterocycles. The summed E-state index contributed by atoms with van der Waals surface area (Å²) in [7, 11) is 0. The van der Waals surface area contributed by atoms with Gasteiger partial charge in [0.2, 0.25) is 5.75 Å². The predicted octanol–water partition coefficient (Wildman–Crippen LogP) is 5.08. The van der Waals surface area contributed by atoms with Crippen molar-refractivity contribution >= 4 is 21.9 Å². The van der Waals surface area contributed by atoms with Crippen molar-refractivity contribution in [1.82, 2.24) is 0 Å². The van der Waals surface area contributed by atoms with E-state index in [9.17, 15) is 4.79 Å². The Labute approximate surface area is 156 Å². The molecule has 2 heterocycles. The highest BCUT2D eigenvalue weighted by Gasteiger charge is 2.14. The average molecular weight is 370 g/mol. The van der Waals surface area contributed by atoms with Gasteiger partial charge in [0.25, 0.3) is 0 Å². The van der Waals surface area contributed by atoms with Crippen LogP contribution >= 0.6 is 0 Å². The third-order valence-corrected chi connectivity index (χ3v) is 4.42. The molecule has 142 valence electrons. The first kappa shape index (κ1) is 18.9. The van der Waals surface area contributed by atoms with Gasteiger partial charge in [-0.3, -0.25) is 5.26 Å². The molecule has 0 amide bonds. The lowest BCUT2D eigenvalue weighted by Crippen LogP contribution is -2.11. The summed E-state index contributed by atoms with van der Waals surface area (Å²) in [4.78, 5) is 16.0. The zero-order valence-electron chi connectivity index (χ0n) is 15.4. The Hall–Kier alpha value is -2.83. The molecule has 6 heteroatoms. The minimum absolute atomic E-state index is 0.289. The van der Waals surface area contributed by atoms with Crippen molar-refractivity contribution in [3.05, 3.63) is 64.7 Å². The first-order chi connectivity index (χ1) is 13.0. The van der Waals surface area contributed by atoms with Crippen LogP contribution in [0, 0.1) is 0 Å². The van der Waals surface area contributed by atoms with Crippen LogP contribution in [0.25, 0.3) is 21.9 Å². The topological polar surface area (TPSA) is 82.0 Å². The Morgan fingerprint density at radius 2 is 2.04 bits per heavy atom. The second kappa shape index (κ2) is 8.24. The van der Waals surface area contributed by atoms with E-state index in [-0.39, 0.29) is 12.7 Å². The second-order valence-electron chi connectivity index (χ2n) is 6.56. The molecule has 27 heavy (non-hydrogen) atoms. The van der Waals surface area contributed by atoms with E-state index in [2.05, 4.69) is 11.5 Å². The normalized spacial score (nSPS) is 13.2. The zero-order chi connectivity index (χ0) is 19.4. The van der Waals surface area contributed by atoms with Crippen LogP contribution in [0.4, 0.5) is 0 Å². The number of furan rings is 1. The van der Waals surface area contributed by atoms with Gasteiger partial charge in [-0.25, -0.2) is 9.68 Å². The van der Waals surface area contributed by atoms with E-state index in [4.69, 9.17) is 18.8 Å². The molecular formula is C21H22O6. The molecule has 3 aromatic rings. The van der Waals surface area contributed by atoms with E-state index in [1.165, 1.54) is 6.07 Å². The Morgan fingerprint density at radius 1 is 1.26 bits per heavy atom. The largest absolute Gasteiger partial charge is 0.482 e. The second-order valence-corrected chi connectivity index (χ2v) is 6.56. The molecule has 0 saturated carbocycles. The van der Waals surface area contributed by atoms with E-state index in [0.717, 1.165) is 28.3 Å². The number of hydrogen-bond donors (Lipinski definition) is 1. The molecule has 0 spiro atoms. The van der Waals surface area contributed by atoms with Crippen LogP contribution in [-0.2, 0) is 4.89 Å². The van der Waals surface area contributed by atoms with Gasteiger partial charge >= 0.3 is 5.63 Å². The maximum Gasteiger partial charge on any atom is 0.336 e. The van der Waals surface area contributed by atoms with Crippen LogP contribution in [0.1, 0.15) is 26.7 Å². The summed E-state index contributed by atoms with van der Waals surface area (Å²) in [6.07, 6.45) is 4.47. The summed E-state index contributed by atoms with van der Waals surface area (Å²) >= 11 is 0. The number of hydrogen-bond acceptors (Lipinski definition) is 6. The third-order valence-electron chi connectivity index (χ3n) is 4.42. The summed E-state index contributed by atoms with van der Waals surface area (Å²) in [6, 6.07) is 6.80. The van der Waals surface area contributed by atoms with Gasteiger partial charge in [0.1, 0.15) is 12.7 Å². The predicted molar refractivity (Wildman–Crippen MR) is 103 cm³/mol. The quantitative estimate of drug-likeness (QED) is 0.258. The van der Waals surface area contributed by atoms with Crippen molar-refractivity contribution in [3.8, 4) is 5.75 Å². The third kappa shape index (κ3) is 4.30. The first-order valence-corrected chi connectivity index (χ1v) is 8.67. The monoisotopic (exact) mass is 370 g/mol. The molecule has 0 radical (unpaired) electrons. The van der Waals surface area contributed by atoms with E-state index in [1.54, 1.807) is 12.3 Å². The van der Waals surface area contributed by atoms with Gasteiger partial charge in [0.15, 0.2) is 11.2 Å². The fourth-order valence-corrected chi connectivity index (χ4v) is 2.85. The lowest BCUT2D eigenvalue weighted by molar-refractivity contribution is -0.269. The Morgan fingerprint density at radius 3 is 2.78 bits per heavy atom. The molecule has 1 atom stereocenters. The Kier molecular flexibility index (Phi) is 5.78. The van der Waals surface area contributed by atoms with Gasteiger partial charge in [-0.2, -0.15) is 0 Å². The summed E-state index contributed by atoms with van der Waals surface area (Å²) < 4.78 is 16.7. The molecule has 3 rings (SSSR count). The molecule has 0 bridgehead atoms. The number of fused-ring (bicyclic) bond motifs is 2. The molecule has 1 unspecified atom stereocenters. The Bertz CT molecular complexity index is 1040. The van der Waals surface area contributed by atoms with Crippen LogP contribution in [0.3, 0.4) is 0 Å². The molecule has 1 N–H and O–H groups in total. The molecule has 1 aromatic carbocycles. The van der Waals surface area contributed by atoms with Crippen molar-refractivity contribution in [2.75, 3.05) is 6.61 Å². The van der Waals surface area contributed by atoms with Gasteiger partial charge in [-0.15, -0.1) is 0 Å². The van der Waals surface area contributed by atoms with Crippen LogP contribution in [0.2, 0.25) is 0 Å². The number of allylic oxidation sites excluding steroid dienone is 1. The van der Waals surface area contributed by atoms with Gasteiger partial charge in [-0.1, -0.05) is 12.2 Å². The fourth-order valence-electron chi connectivity index (χ4n) is 2.85. The van der Waals surface area contributed by atoms with Crippen LogP contribution in [-0.4, -0.2) is 18.0 Å². The van der Waals surface area contributed by atoms with E-state index >= 15 is 0 Å². The minimum atomic E-state index is -0.445. The SMILES string of the molecule is C=C(C)C(CC/C(C)=C/COc1c2occc2cc2ccc(=O)oc12)OO. The highest BCUT2D eigenvalue weighted by molar-refractivity contribution is 5.99. The van der Waals surface area contributed by atoms with E-state index in [1.807, 2.05) is 32.1 Å². The molecule has 0 aliphatic carbocycles. The maximum atomic E-state index is 11.6. The lowest BCUT2D eigenvalue weighted by atomic mass is 10.0. The molecule has 2 aromatic heterocycles. The molecular weight excluding hydrogens is 348 g/mol. The summed E-state index contributed by atoms with van der Waals surface area (Å²) in [5, 5.41) is 10.5. The molecule has 0 aliphatic heterocycles. The highest BCUT2D eigenvalue weighted by atomic mass is 17.1. The highest BCUT2D eigenvalue weighted by Crippen LogP contribution is 2.35. The lowest BCUT2D eigenvalue weighted by Gasteiger charge is -2.13. The summed E-state index contributed by atoms with van der Waals surface area (Å²) in [5.41, 5.74) is 2.31. The number of rotatable bonds is 8. The van der Waals surface area contributed by atoms with E-state index < -0.39 is 5.63 Å². The first-order valence-electron chi connectivity index (χ1n) is 8.67. The van der Waals surface area contributed by atoms with Crippen molar-refractivity contribution in [3.63, 3.8) is 0 Å². The van der Waals surface area contributed by atoms with Gasteiger partial charge in [0, 0.05) is 16.8 Å². The summed E-state index contributed by atoms with van der Waals surface area (Å²) in [5.74, 6) is 0.410. The van der Waals surface area contributed by atoms with Gasteiger partial charge in [-0.05, 0) is 56.5 Å². The standard InChI is InChI=1S/C21H22O6/c1-13(2)17(27-23)6-4-14(3)8-10-25-21-19-16(9-11-24-19)12-15-5-7-18(22)26-20(15)21/h5,7-9,11-12,17,23H,1,4,6,10H2,2-3H3/b14-8+. The van der Waals surface area contributed by atoms with Crippen LogP contribution in [0.15, 0.2) is 68.0 Å². The number of benzene rings is 1.